The molecule has 22 heavy (non-hydrogen) atoms. The number of fused-ring (bicyclic) bond motifs is 1. The molecule has 1 saturated heterocycles. The van der Waals surface area contributed by atoms with Gasteiger partial charge in [0, 0.05) is 45.1 Å². The van der Waals surface area contributed by atoms with E-state index >= 15 is 0 Å². The van der Waals surface area contributed by atoms with Crippen molar-refractivity contribution in [2.45, 2.75) is 19.5 Å². The van der Waals surface area contributed by atoms with Crippen LogP contribution in [0.2, 0.25) is 5.02 Å². The van der Waals surface area contributed by atoms with Crippen molar-refractivity contribution in [1.29, 1.82) is 0 Å². The molecule has 0 aliphatic carbocycles. The number of hydrogen-bond donors (Lipinski definition) is 1. The third-order valence-electron chi connectivity index (χ3n) is 3.92. The lowest BCUT2D eigenvalue weighted by Gasteiger charge is -2.35. The second-order valence-corrected chi connectivity index (χ2v) is 6.17. The van der Waals surface area contributed by atoms with Crippen molar-refractivity contribution in [3.05, 3.63) is 35.2 Å². The fourth-order valence-corrected chi connectivity index (χ4v) is 2.90. The van der Waals surface area contributed by atoms with Gasteiger partial charge in [-0.15, -0.1) is 0 Å². The van der Waals surface area contributed by atoms with Crippen LogP contribution in [0.3, 0.4) is 0 Å². The van der Waals surface area contributed by atoms with E-state index in [2.05, 4.69) is 9.88 Å². The van der Waals surface area contributed by atoms with E-state index in [0.717, 1.165) is 44.1 Å². The molecule has 2 N–H and O–H groups in total. The number of pyridine rings is 1. The predicted octanol–water partition coefficient (Wildman–Crippen LogP) is 0.979. The Balaban J connectivity index is 1.61. The molecule has 0 spiro atoms. The van der Waals surface area contributed by atoms with Gasteiger partial charge >= 0.3 is 0 Å². The largest absolute Gasteiger partial charge is 0.339 e. The summed E-state index contributed by atoms with van der Waals surface area (Å²) >= 11 is 5.98. The smallest absolute Gasteiger partial charge is 0.239 e. The van der Waals surface area contributed by atoms with Crippen LogP contribution < -0.4 is 5.73 Å². The van der Waals surface area contributed by atoms with Crippen molar-refractivity contribution in [3.8, 4) is 0 Å². The van der Waals surface area contributed by atoms with E-state index in [1.807, 2.05) is 33.8 Å². The molecule has 1 aliphatic rings. The summed E-state index contributed by atoms with van der Waals surface area (Å²) in [6, 6.07) is 3.33. The van der Waals surface area contributed by atoms with Gasteiger partial charge in [0.05, 0.1) is 16.8 Å². The van der Waals surface area contributed by atoms with Crippen molar-refractivity contribution in [3.63, 3.8) is 0 Å². The lowest BCUT2D eigenvalue weighted by molar-refractivity contribution is -0.134. The highest BCUT2D eigenvalue weighted by molar-refractivity contribution is 6.30. The maximum Gasteiger partial charge on any atom is 0.239 e. The summed E-state index contributed by atoms with van der Waals surface area (Å²) in [5.74, 6) is 0.0297. The summed E-state index contributed by atoms with van der Waals surface area (Å²) < 4.78 is 1.94. The van der Waals surface area contributed by atoms with Gasteiger partial charge in [0.15, 0.2) is 0 Å². The van der Waals surface area contributed by atoms with Crippen LogP contribution >= 0.6 is 11.6 Å². The Kier molecular flexibility index (Phi) is 4.33. The van der Waals surface area contributed by atoms with Crippen LogP contribution in [-0.2, 0) is 11.3 Å². The normalized spacial score (nSPS) is 17.9. The van der Waals surface area contributed by atoms with Crippen LogP contribution in [0.5, 0.6) is 0 Å². The predicted molar refractivity (Wildman–Crippen MR) is 85.7 cm³/mol. The zero-order chi connectivity index (χ0) is 15.7. The molecule has 0 aromatic carbocycles. The number of rotatable bonds is 3. The summed E-state index contributed by atoms with van der Waals surface area (Å²) in [4.78, 5) is 20.6. The van der Waals surface area contributed by atoms with Crippen LogP contribution in [0.25, 0.3) is 5.65 Å². The lowest BCUT2D eigenvalue weighted by atomic mass is 10.2. The molecule has 118 valence electrons. The van der Waals surface area contributed by atoms with E-state index in [0.29, 0.717) is 5.02 Å². The Hall–Kier alpha value is -1.63. The summed E-state index contributed by atoms with van der Waals surface area (Å²) in [6.45, 7) is 5.63. The molecule has 3 heterocycles. The molecular weight excluding hydrogens is 302 g/mol. The van der Waals surface area contributed by atoms with Gasteiger partial charge in [-0.2, -0.15) is 0 Å². The topological polar surface area (TPSA) is 66.9 Å². The van der Waals surface area contributed by atoms with E-state index in [1.54, 1.807) is 6.92 Å². The number of nitrogens with zero attached hydrogens (tertiary/aromatic N) is 4. The van der Waals surface area contributed by atoms with E-state index < -0.39 is 6.04 Å². The minimum atomic E-state index is -0.422. The summed E-state index contributed by atoms with van der Waals surface area (Å²) in [5, 5.41) is 0.694. The number of carbonyl (C=O) groups is 1. The molecular formula is C15H20ClN5O. The number of halogens is 1. The molecule has 0 radical (unpaired) electrons. The number of carbonyl (C=O) groups excluding carboxylic acids is 1. The Bertz CT molecular complexity index is 676. The molecule has 7 heteroatoms. The van der Waals surface area contributed by atoms with Crippen LogP contribution in [0.1, 0.15) is 12.6 Å². The Morgan fingerprint density at radius 2 is 2.05 bits per heavy atom. The van der Waals surface area contributed by atoms with E-state index in [9.17, 15) is 4.79 Å². The average Bonchev–Trinajstić information content (AvgIpc) is 2.88. The molecule has 1 amide bonds. The number of piperazine rings is 1. The zero-order valence-corrected chi connectivity index (χ0v) is 13.3. The Labute approximate surface area is 134 Å². The summed E-state index contributed by atoms with van der Waals surface area (Å²) in [6.07, 6.45) is 3.85. The van der Waals surface area contributed by atoms with Gasteiger partial charge in [-0.1, -0.05) is 11.6 Å². The molecule has 1 atom stereocenters. The van der Waals surface area contributed by atoms with Crippen LogP contribution in [0.4, 0.5) is 0 Å². The first kappa shape index (κ1) is 15.3. The van der Waals surface area contributed by atoms with Gasteiger partial charge in [-0.05, 0) is 19.1 Å². The molecule has 0 bridgehead atoms. The Morgan fingerprint density at radius 1 is 1.32 bits per heavy atom. The minimum absolute atomic E-state index is 0.0297. The van der Waals surface area contributed by atoms with E-state index in [4.69, 9.17) is 17.3 Å². The first-order valence-corrected chi connectivity index (χ1v) is 7.80. The minimum Gasteiger partial charge on any atom is -0.339 e. The van der Waals surface area contributed by atoms with E-state index in [1.165, 1.54) is 0 Å². The second-order valence-electron chi connectivity index (χ2n) is 5.74. The molecule has 6 nitrogen and oxygen atoms in total. The third-order valence-corrected chi connectivity index (χ3v) is 4.15. The van der Waals surface area contributed by atoms with Gasteiger partial charge in [-0.25, -0.2) is 4.98 Å². The first-order chi connectivity index (χ1) is 10.5. The third kappa shape index (κ3) is 3.24. The highest BCUT2D eigenvalue weighted by Crippen LogP contribution is 2.14. The molecule has 1 aliphatic heterocycles. The maximum absolute atomic E-state index is 11.9. The number of nitrogens with two attached hydrogens (primary N) is 1. The summed E-state index contributed by atoms with van der Waals surface area (Å²) in [5.41, 5.74) is 7.55. The number of hydrogen-bond acceptors (Lipinski definition) is 4. The number of imidazole rings is 1. The fourth-order valence-electron chi connectivity index (χ4n) is 2.74. The summed E-state index contributed by atoms with van der Waals surface area (Å²) in [7, 11) is 0. The molecule has 1 fully saturated rings. The molecule has 0 saturated carbocycles. The van der Waals surface area contributed by atoms with Crippen molar-refractivity contribution in [2.24, 2.45) is 5.73 Å². The maximum atomic E-state index is 11.9. The molecule has 0 unspecified atom stereocenters. The lowest BCUT2D eigenvalue weighted by Crippen LogP contribution is -2.52. The molecule has 2 aromatic rings. The van der Waals surface area contributed by atoms with Crippen LogP contribution in [-0.4, -0.2) is 57.3 Å². The number of aromatic nitrogens is 2. The van der Waals surface area contributed by atoms with Gasteiger partial charge in [0.1, 0.15) is 5.65 Å². The van der Waals surface area contributed by atoms with Crippen molar-refractivity contribution in [1.82, 2.24) is 19.2 Å². The standard InChI is InChI=1S/C15H20ClN5O/c1-11(17)15(22)20-6-4-19(5-7-20)9-13-10-21-8-12(16)2-3-14(21)18-13/h2-3,8,10-11H,4-7,9,17H2,1H3/t11-/m1/s1. The first-order valence-electron chi connectivity index (χ1n) is 7.43. The van der Waals surface area contributed by atoms with Gasteiger partial charge in [0.25, 0.3) is 0 Å². The van der Waals surface area contributed by atoms with Crippen LogP contribution in [0.15, 0.2) is 24.5 Å². The second kappa shape index (κ2) is 6.24. The molecule has 2 aromatic heterocycles. The van der Waals surface area contributed by atoms with Crippen molar-refractivity contribution < 1.29 is 4.79 Å². The average molecular weight is 322 g/mol. The monoisotopic (exact) mass is 321 g/mol. The van der Waals surface area contributed by atoms with Gasteiger partial charge in [-0.3, -0.25) is 9.69 Å². The van der Waals surface area contributed by atoms with Crippen molar-refractivity contribution in [2.75, 3.05) is 26.2 Å². The fraction of sp³-hybridized carbons (Fsp3) is 0.467. The van der Waals surface area contributed by atoms with Gasteiger partial charge in [0.2, 0.25) is 5.91 Å². The van der Waals surface area contributed by atoms with E-state index in [-0.39, 0.29) is 5.91 Å². The highest BCUT2D eigenvalue weighted by Gasteiger charge is 2.23. The SMILES string of the molecule is C[C@@H](N)C(=O)N1CCN(Cc2cn3cc(Cl)ccc3n2)CC1. The quantitative estimate of drug-likeness (QED) is 0.915. The molecule has 3 rings (SSSR count). The Morgan fingerprint density at radius 3 is 2.73 bits per heavy atom. The highest BCUT2D eigenvalue weighted by atomic mass is 35.5. The van der Waals surface area contributed by atoms with Crippen LogP contribution in [0, 0.1) is 0 Å². The zero-order valence-electron chi connectivity index (χ0n) is 12.6. The van der Waals surface area contributed by atoms with Gasteiger partial charge < -0.3 is 15.0 Å². The number of amides is 1. The van der Waals surface area contributed by atoms with Crippen molar-refractivity contribution >= 4 is 23.2 Å².